The summed E-state index contributed by atoms with van der Waals surface area (Å²) in [6, 6.07) is 12.1. The van der Waals surface area contributed by atoms with Crippen molar-refractivity contribution in [2.24, 2.45) is 0 Å². The first-order valence-electron chi connectivity index (χ1n) is 5.75. The van der Waals surface area contributed by atoms with Crippen LogP contribution in [0.1, 0.15) is 11.1 Å². The van der Waals surface area contributed by atoms with Gasteiger partial charge in [0, 0.05) is 0 Å². The van der Waals surface area contributed by atoms with E-state index in [1.807, 2.05) is 10.6 Å². The third-order valence-electron chi connectivity index (χ3n) is 2.90. The number of fused-ring (bicyclic) bond motifs is 1. The van der Waals surface area contributed by atoms with E-state index in [2.05, 4.69) is 41.2 Å². The summed E-state index contributed by atoms with van der Waals surface area (Å²) in [4.78, 5) is 8.63. The van der Waals surface area contributed by atoms with Gasteiger partial charge >= 0.3 is 0 Å². The van der Waals surface area contributed by atoms with Crippen LogP contribution in [0, 0.1) is 6.92 Å². The molecule has 0 aliphatic rings. The molecule has 0 radical (unpaired) electrons. The van der Waals surface area contributed by atoms with Gasteiger partial charge in [-0.15, -0.1) is 0 Å². The van der Waals surface area contributed by atoms with E-state index in [0.717, 1.165) is 17.7 Å². The number of pyridine rings is 1. The third-order valence-corrected chi connectivity index (χ3v) is 3.11. The zero-order valence-electron chi connectivity index (χ0n) is 9.97. The first-order valence-corrected chi connectivity index (χ1v) is 6.13. The highest BCUT2D eigenvalue weighted by Crippen LogP contribution is 2.15. The van der Waals surface area contributed by atoms with E-state index in [4.69, 9.17) is 11.6 Å². The summed E-state index contributed by atoms with van der Waals surface area (Å²) in [5.41, 5.74) is 4.17. The minimum absolute atomic E-state index is 0.494. The van der Waals surface area contributed by atoms with E-state index in [9.17, 15) is 0 Å². The highest BCUT2D eigenvalue weighted by Gasteiger charge is 2.05. The Labute approximate surface area is 110 Å². The minimum atomic E-state index is 0.494. The van der Waals surface area contributed by atoms with E-state index in [1.54, 1.807) is 12.4 Å². The molecule has 0 spiro atoms. The summed E-state index contributed by atoms with van der Waals surface area (Å²) in [5, 5.41) is 0.494. The van der Waals surface area contributed by atoms with Gasteiger partial charge in [-0.05, 0) is 24.6 Å². The quantitative estimate of drug-likeness (QED) is 0.659. The largest absolute Gasteiger partial charge is 0.311 e. The number of nitrogens with zero attached hydrogens (tertiary/aromatic N) is 3. The number of aryl methyl sites for hydroxylation is 1. The molecular weight excluding hydrogens is 246 g/mol. The van der Waals surface area contributed by atoms with Gasteiger partial charge in [-0.3, -0.25) is 0 Å². The van der Waals surface area contributed by atoms with Gasteiger partial charge in [0.2, 0.25) is 0 Å². The zero-order chi connectivity index (χ0) is 12.5. The van der Waals surface area contributed by atoms with Crippen LogP contribution in [0.15, 0.2) is 42.7 Å². The van der Waals surface area contributed by atoms with Gasteiger partial charge in [-0.1, -0.05) is 41.4 Å². The van der Waals surface area contributed by atoms with Crippen molar-refractivity contribution in [3.05, 3.63) is 59.0 Å². The lowest BCUT2D eigenvalue weighted by Crippen LogP contribution is -1.99. The standard InChI is InChI=1S/C14H12ClN3/c1-10-2-4-11(5-3-10)8-18-9-16-12-6-7-13(15)17-14(12)18/h2-7,9H,8H2,1H3. The van der Waals surface area contributed by atoms with E-state index in [-0.39, 0.29) is 0 Å². The molecule has 0 N–H and O–H groups in total. The van der Waals surface area contributed by atoms with E-state index in [1.165, 1.54) is 11.1 Å². The molecule has 0 amide bonds. The summed E-state index contributed by atoms with van der Waals surface area (Å²) < 4.78 is 2.01. The topological polar surface area (TPSA) is 30.7 Å². The first-order chi connectivity index (χ1) is 8.72. The monoisotopic (exact) mass is 257 g/mol. The van der Waals surface area contributed by atoms with Crippen LogP contribution in [0.25, 0.3) is 11.2 Å². The Morgan fingerprint density at radius 2 is 1.89 bits per heavy atom. The van der Waals surface area contributed by atoms with Gasteiger partial charge in [0.05, 0.1) is 12.9 Å². The number of benzene rings is 1. The third kappa shape index (κ3) is 2.09. The van der Waals surface area contributed by atoms with Crippen LogP contribution in [0.4, 0.5) is 0 Å². The van der Waals surface area contributed by atoms with Gasteiger partial charge in [-0.2, -0.15) is 0 Å². The molecule has 3 aromatic rings. The SMILES string of the molecule is Cc1ccc(Cn2cnc3ccc(Cl)nc32)cc1. The van der Waals surface area contributed by atoms with Crippen molar-refractivity contribution in [3.8, 4) is 0 Å². The average Bonchev–Trinajstić information content (AvgIpc) is 2.75. The molecule has 0 aliphatic heterocycles. The molecule has 2 heterocycles. The molecule has 0 bridgehead atoms. The molecule has 90 valence electrons. The van der Waals surface area contributed by atoms with Gasteiger partial charge in [-0.25, -0.2) is 9.97 Å². The molecule has 18 heavy (non-hydrogen) atoms. The number of hydrogen-bond acceptors (Lipinski definition) is 2. The summed E-state index contributed by atoms with van der Waals surface area (Å²) in [6.07, 6.45) is 1.80. The molecule has 0 saturated heterocycles. The molecule has 2 aromatic heterocycles. The second kappa shape index (κ2) is 4.42. The van der Waals surface area contributed by atoms with E-state index < -0.39 is 0 Å². The average molecular weight is 258 g/mol. The van der Waals surface area contributed by atoms with Crippen LogP contribution in [0.5, 0.6) is 0 Å². The fraction of sp³-hybridized carbons (Fsp3) is 0.143. The Hall–Kier alpha value is -1.87. The highest BCUT2D eigenvalue weighted by molar-refractivity contribution is 6.29. The molecule has 3 nitrogen and oxygen atoms in total. The Bertz CT molecular complexity index is 686. The maximum Gasteiger partial charge on any atom is 0.161 e. The highest BCUT2D eigenvalue weighted by atomic mass is 35.5. The molecule has 4 heteroatoms. The number of imidazole rings is 1. The molecule has 0 fully saturated rings. The molecule has 1 aromatic carbocycles. The Morgan fingerprint density at radius 1 is 1.11 bits per heavy atom. The smallest absolute Gasteiger partial charge is 0.161 e. The Balaban J connectivity index is 1.99. The van der Waals surface area contributed by atoms with Crippen molar-refractivity contribution in [1.29, 1.82) is 0 Å². The lowest BCUT2D eigenvalue weighted by molar-refractivity contribution is 0.814. The second-order valence-electron chi connectivity index (χ2n) is 4.33. The maximum atomic E-state index is 5.92. The number of halogens is 1. The molecule has 0 unspecified atom stereocenters. The van der Waals surface area contributed by atoms with E-state index >= 15 is 0 Å². The molecule has 0 saturated carbocycles. The fourth-order valence-electron chi connectivity index (χ4n) is 1.92. The number of rotatable bonds is 2. The van der Waals surface area contributed by atoms with Crippen LogP contribution in [-0.4, -0.2) is 14.5 Å². The number of hydrogen-bond donors (Lipinski definition) is 0. The van der Waals surface area contributed by atoms with Crippen molar-refractivity contribution in [2.45, 2.75) is 13.5 Å². The summed E-state index contributed by atoms with van der Waals surface area (Å²) in [6.45, 7) is 2.84. The van der Waals surface area contributed by atoms with Crippen molar-refractivity contribution in [3.63, 3.8) is 0 Å². The predicted octanol–water partition coefficient (Wildman–Crippen LogP) is 3.44. The van der Waals surface area contributed by atoms with Crippen molar-refractivity contribution in [2.75, 3.05) is 0 Å². The maximum absolute atomic E-state index is 5.92. The van der Waals surface area contributed by atoms with E-state index in [0.29, 0.717) is 5.15 Å². The van der Waals surface area contributed by atoms with Gasteiger partial charge in [0.25, 0.3) is 0 Å². The first kappa shape index (κ1) is 11.2. The van der Waals surface area contributed by atoms with Crippen LogP contribution in [0.3, 0.4) is 0 Å². The minimum Gasteiger partial charge on any atom is -0.311 e. The number of aromatic nitrogens is 3. The summed E-state index contributed by atoms with van der Waals surface area (Å²) in [5.74, 6) is 0. The summed E-state index contributed by atoms with van der Waals surface area (Å²) in [7, 11) is 0. The molecule has 0 atom stereocenters. The van der Waals surface area contributed by atoms with Crippen LogP contribution in [0.2, 0.25) is 5.15 Å². The van der Waals surface area contributed by atoms with Gasteiger partial charge in [0.1, 0.15) is 10.7 Å². The fourth-order valence-corrected chi connectivity index (χ4v) is 2.07. The molecule has 3 rings (SSSR count). The lowest BCUT2D eigenvalue weighted by atomic mass is 10.1. The Morgan fingerprint density at radius 3 is 2.67 bits per heavy atom. The van der Waals surface area contributed by atoms with Crippen LogP contribution >= 0.6 is 11.6 Å². The molecule has 0 aliphatic carbocycles. The predicted molar refractivity (Wildman–Crippen MR) is 72.8 cm³/mol. The second-order valence-corrected chi connectivity index (χ2v) is 4.72. The van der Waals surface area contributed by atoms with Crippen molar-refractivity contribution in [1.82, 2.24) is 14.5 Å². The van der Waals surface area contributed by atoms with Crippen LogP contribution < -0.4 is 0 Å². The Kier molecular flexibility index (Phi) is 2.76. The van der Waals surface area contributed by atoms with Gasteiger partial charge in [0.15, 0.2) is 5.65 Å². The summed E-state index contributed by atoms with van der Waals surface area (Å²) >= 11 is 5.92. The van der Waals surface area contributed by atoms with Gasteiger partial charge < -0.3 is 4.57 Å². The molecular formula is C14H12ClN3. The van der Waals surface area contributed by atoms with Crippen molar-refractivity contribution < 1.29 is 0 Å². The lowest BCUT2D eigenvalue weighted by Gasteiger charge is -2.04. The zero-order valence-corrected chi connectivity index (χ0v) is 10.7. The van der Waals surface area contributed by atoms with Crippen LogP contribution in [-0.2, 0) is 6.54 Å². The van der Waals surface area contributed by atoms with Crippen molar-refractivity contribution >= 4 is 22.8 Å². The normalized spacial score (nSPS) is 11.0.